The molecule has 0 aliphatic carbocycles. The average molecular weight is 238 g/mol. The van der Waals surface area contributed by atoms with Gasteiger partial charge in [0.2, 0.25) is 0 Å². The van der Waals surface area contributed by atoms with Crippen molar-refractivity contribution in [2.75, 3.05) is 39.8 Å². The van der Waals surface area contributed by atoms with Gasteiger partial charge in [0.1, 0.15) is 11.6 Å². The number of nitrogens with one attached hydrogen (secondary N) is 1. The average Bonchev–Trinajstić information content (AvgIpc) is 2.38. The van der Waals surface area contributed by atoms with E-state index in [1.807, 2.05) is 6.07 Å². The molecule has 1 saturated heterocycles. The highest BCUT2D eigenvalue weighted by Crippen LogP contribution is 2.21. The standard InChI is InChI=1S/C13H19FN2O/c1-17-13-4-2-3-12(14)11(13)5-8-16-9-6-15-7-10-16/h2-4,15H,5-10H2,1H3. The van der Waals surface area contributed by atoms with Crippen molar-refractivity contribution in [3.05, 3.63) is 29.6 Å². The fourth-order valence-corrected chi connectivity index (χ4v) is 2.18. The molecule has 1 aliphatic heterocycles. The van der Waals surface area contributed by atoms with E-state index < -0.39 is 0 Å². The molecule has 1 N–H and O–H groups in total. The third-order valence-electron chi connectivity index (χ3n) is 3.18. The third-order valence-corrected chi connectivity index (χ3v) is 3.18. The molecule has 1 heterocycles. The van der Waals surface area contributed by atoms with Gasteiger partial charge < -0.3 is 15.0 Å². The van der Waals surface area contributed by atoms with Gasteiger partial charge >= 0.3 is 0 Å². The number of ether oxygens (including phenoxy) is 1. The van der Waals surface area contributed by atoms with Gasteiger partial charge in [-0.05, 0) is 18.6 Å². The third kappa shape index (κ3) is 3.17. The molecule has 0 radical (unpaired) electrons. The van der Waals surface area contributed by atoms with E-state index >= 15 is 0 Å². The predicted octanol–water partition coefficient (Wildman–Crippen LogP) is 1.28. The van der Waals surface area contributed by atoms with Crippen molar-refractivity contribution in [1.29, 1.82) is 0 Å². The molecular weight excluding hydrogens is 219 g/mol. The molecule has 17 heavy (non-hydrogen) atoms. The first-order chi connectivity index (χ1) is 8.31. The molecule has 3 nitrogen and oxygen atoms in total. The molecular formula is C13H19FN2O. The molecule has 0 spiro atoms. The lowest BCUT2D eigenvalue weighted by Crippen LogP contribution is -2.44. The van der Waals surface area contributed by atoms with Crippen molar-refractivity contribution in [1.82, 2.24) is 10.2 Å². The van der Waals surface area contributed by atoms with Crippen molar-refractivity contribution in [3.8, 4) is 5.75 Å². The van der Waals surface area contributed by atoms with Gasteiger partial charge in [0.15, 0.2) is 0 Å². The van der Waals surface area contributed by atoms with Crippen molar-refractivity contribution in [3.63, 3.8) is 0 Å². The normalized spacial score (nSPS) is 17.1. The maximum Gasteiger partial charge on any atom is 0.130 e. The second-order valence-electron chi connectivity index (χ2n) is 4.26. The zero-order valence-electron chi connectivity index (χ0n) is 10.2. The Morgan fingerprint density at radius 1 is 1.35 bits per heavy atom. The minimum absolute atomic E-state index is 0.167. The Bertz CT molecular complexity index is 364. The van der Waals surface area contributed by atoms with Crippen LogP contribution in [-0.2, 0) is 6.42 Å². The van der Waals surface area contributed by atoms with Crippen LogP contribution in [0.1, 0.15) is 5.56 Å². The molecule has 0 amide bonds. The highest BCUT2D eigenvalue weighted by molar-refractivity contribution is 5.34. The van der Waals surface area contributed by atoms with Crippen molar-refractivity contribution < 1.29 is 9.13 Å². The van der Waals surface area contributed by atoms with Gasteiger partial charge in [0.25, 0.3) is 0 Å². The largest absolute Gasteiger partial charge is 0.496 e. The smallest absolute Gasteiger partial charge is 0.130 e. The fraction of sp³-hybridized carbons (Fsp3) is 0.538. The lowest BCUT2D eigenvalue weighted by atomic mass is 10.1. The Hall–Kier alpha value is -1.13. The Balaban J connectivity index is 1.97. The molecule has 0 atom stereocenters. The zero-order chi connectivity index (χ0) is 12.1. The minimum Gasteiger partial charge on any atom is -0.496 e. The number of benzene rings is 1. The van der Waals surface area contributed by atoms with Gasteiger partial charge in [-0.2, -0.15) is 0 Å². The second kappa shape index (κ2) is 5.98. The maximum atomic E-state index is 13.7. The van der Waals surface area contributed by atoms with Crippen molar-refractivity contribution in [2.45, 2.75) is 6.42 Å². The summed E-state index contributed by atoms with van der Waals surface area (Å²) < 4.78 is 18.9. The summed E-state index contributed by atoms with van der Waals surface area (Å²) >= 11 is 0. The summed E-state index contributed by atoms with van der Waals surface area (Å²) in [5, 5.41) is 3.31. The highest BCUT2D eigenvalue weighted by atomic mass is 19.1. The summed E-state index contributed by atoms with van der Waals surface area (Å²) in [6.07, 6.45) is 0.704. The SMILES string of the molecule is COc1cccc(F)c1CCN1CCNCC1. The van der Waals surface area contributed by atoms with E-state index in [-0.39, 0.29) is 5.82 Å². The number of methoxy groups -OCH3 is 1. The van der Waals surface area contributed by atoms with E-state index in [0.717, 1.165) is 32.7 Å². The van der Waals surface area contributed by atoms with E-state index in [9.17, 15) is 4.39 Å². The van der Waals surface area contributed by atoms with E-state index in [0.29, 0.717) is 17.7 Å². The Morgan fingerprint density at radius 3 is 2.82 bits per heavy atom. The maximum absolute atomic E-state index is 13.7. The van der Waals surface area contributed by atoms with Crippen LogP contribution in [0, 0.1) is 5.82 Å². The van der Waals surface area contributed by atoms with E-state index in [1.165, 1.54) is 6.07 Å². The quantitative estimate of drug-likeness (QED) is 0.855. The minimum atomic E-state index is -0.167. The van der Waals surface area contributed by atoms with Crippen LogP contribution in [0.4, 0.5) is 4.39 Å². The summed E-state index contributed by atoms with van der Waals surface area (Å²) in [6, 6.07) is 4.99. The van der Waals surface area contributed by atoms with Crippen LogP contribution in [0.25, 0.3) is 0 Å². The molecule has 1 aromatic rings. The topological polar surface area (TPSA) is 24.5 Å². The predicted molar refractivity (Wildman–Crippen MR) is 66.0 cm³/mol. The van der Waals surface area contributed by atoms with Crippen LogP contribution in [0.15, 0.2) is 18.2 Å². The number of halogens is 1. The molecule has 1 fully saturated rings. The number of hydrogen-bond acceptors (Lipinski definition) is 3. The van der Waals surface area contributed by atoms with Crippen LogP contribution in [0.5, 0.6) is 5.75 Å². The Labute approximate surface area is 102 Å². The van der Waals surface area contributed by atoms with Gasteiger partial charge in [-0.15, -0.1) is 0 Å². The molecule has 1 aliphatic rings. The molecule has 94 valence electrons. The molecule has 0 bridgehead atoms. The molecule has 2 rings (SSSR count). The van der Waals surface area contributed by atoms with Gasteiger partial charge in [-0.25, -0.2) is 4.39 Å². The van der Waals surface area contributed by atoms with Crippen LogP contribution >= 0.6 is 0 Å². The number of nitrogens with zero attached hydrogens (tertiary/aromatic N) is 1. The molecule has 0 aromatic heterocycles. The number of hydrogen-bond donors (Lipinski definition) is 1. The van der Waals surface area contributed by atoms with E-state index in [4.69, 9.17) is 4.74 Å². The van der Waals surface area contributed by atoms with Gasteiger partial charge in [0, 0.05) is 38.3 Å². The molecule has 0 saturated carbocycles. The first-order valence-corrected chi connectivity index (χ1v) is 6.05. The lowest BCUT2D eigenvalue weighted by molar-refractivity contribution is 0.242. The lowest BCUT2D eigenvalue weighted by Gasteiger charge is -2.27. The van der Waals surface area contributed by atoms with Gasteiger partial charge in [-0.1, -0.05) is 6.07 Å². The van der Waals surface area contributed by atoms with Crippen molar-refractivity contribution in [2.24, 2.45) is 0 Å². The fourth-order valence-electron chi connectivity index (χ4n) is 2.18. The van der Waals surface area contributed by atoms with Gasteiger partial charge in [0.05, 0.1) is 7.11 Å². The number of piperazine rings is 1. The first kappa shape index (κ1) is 12.3. The van der Waals surface area contributed by atoms with Crippen LogP contribution in [0.3, 0.4) is 0 Å². The number of rotatable bonds is 4. The van der Waals surface area contributed by atoms with Crippen molar-refractivity contribution >= 4 is 0 Å². The summed E-state index contributed by atoms with van der Waals surface area (Å²) in [5.74, 6) is 0.486. The summed E-state index contributed by atoms with van der Waals surface area (Å²) in [5.41, 5.74) is 0.688. The van der Waals surface area contributed by atoms with Crippen LogP contribution < -0.4 is 10.1 Å². The molecule has 4 heteroatoms. The highest BCUT2D eigenvalue weighted by Gasteiger charge is 2.13. The Kier molecular flexibility index (Phi) is 4.34. The van der Waals surface area contributed by atoms with Crippen LogP contribution in [-0.4, -0.2) is 44.7 Å². The van der Waals surface area contributed by atoms with E-state index in [2.05, 4.69) is 10.2 Å². The van der Waals surface area contributed by atoms with Gasteiger partial charge in [-0.3, -0.25) is 0 Å². The van der Waals surface area contributed by atoms with E-state index in [1.54, 1.807) is 13.2 Å². The first-order valence-electron chi connectivity index (χ1n) is 6.05. The summed E-state index contributed by atoms with van der Waals surface area (Å²) in [6.45, 7) is 5.01. The monoisotopic (exact) mass is 238 g/mol. The van der Waals surface area contributed by atoms with Crippen LogP contribution in [0.2, 0.25) is 0 Å². The molecule has 1 aromatic carbocycles. The second-order valence-corrected chi connectivity index (χ2v) is 4.26. The molecule has 0 unspecified atom stereocenters. The zero-order valence-corrected chi connectivity index (χ0v) is 10.2. The summed E-state index contributed by atoms with van der Waals surface area (Å²) in [4.78, 5) is 2.35. The summed E-state index contributed by atoms with van der Waals surface area (Å²) in [7, 11) is 1.59. The Morgan fingerprint density at radius 2 is 2.12 bits per heavy atom.